The van der Waals surface area contributed by atoms with Gasteiger partial charge in [0.1, 0.15) is 0 Å². The van der Waals surface area contributed by atoms with Crippen LogP contribution in [0.5, 0.6) is 0 Å². The third-order valence-corrected chi connectivity index (χ3v) is 3.81. The van der Waals surface area contributed by atoms with E-state index in [1.807, 2.05) is 10.7 Å². The molecule has 0 fully saturated rings. The van der Waals surface area contributed by atoms with Gasteiger partial charge in [-0.25, -0.2) is 0 Å². The van der Waals surface area contributed by atoms with E-state index in [4.69, 9.17) is 16.3 Å². The van der Waals surface area contributed by atoms with Gasteiger partial charge < -0.3 is 10.1 Å². The molecule has 0 aliphatic carbocycles. The van der Waals surface area contributed by atoms with E-state index in [0.29, 0.717) is 18.2 Å². The Hall–Kier alpha value is -1.36. The fourth-order valence-electron chi connectivity index (χ4n) is 2.48. The molecule has 1 N–H and O–H groups in total. The maximum atomic E-state index is 6.39. The van der Waals surface area contributed by atoms with E-state index in [0.717, 1.165) is 12.2 Å². The second-order valence-corrected chi connectivity index (χ2v) is 5.35. The van der Waals surface area contributed by atoms with Gasteiger partial charge in [0.05, 0.1) is 36.1 Å². The number of rotatable bonds is 7. The summed E-state index contributed by atoms with van der Waals surface area (Å²) in [7, 11) is 1.69. The Morgan fingerprint density at radius 1 is 1.38 bits per heavy atom. The predicted octanol–water partition coefficient (Wildman–Crippen LogP) is 3.19. The Morgan fingerprint density at radius 3 is 2.81 bits per heavy atom. The molecule has 114 valence electrons. The van der Waals surface area contributed by atoms with E-state index >= 15 is 0 Å². The van der Waals surface area contributed by atoms with Gasteiger partial charge in [-0.3, -0.25) is 4.68 Å². The zero-order chi connectivity index (χ0) is 15.2. The van der Waals surface area contributed by atoms with Crippen LogP contribution in [0.3, 0.4) is 0 Å². The molecule has 1 heterocycles. The molecule has 4 nitrogen and oxygen atoms in total. The summed E-state index contributed by atoms with van der Waals surface area (Å²) < 4.78 is 7.08. The molecule has 0 bridgehead atoms. The van der Waals surface area contributed by atoms with Crippen LogP contribution in [-0.4, -0.2) is 30.0 Å². The Morgan fingerprint density at radius 2 is 2.14 bits per heavy atom. The first-order chi connectivity index (χ1) is 10.2. The molecule has 2 aromatic rings. The van der Waals surface area contributed by atoms with Crippen molar-refractivity contribution in [3.05, 3.63) is 52.3 Å². The topological polar surface area (TPSA) is 39.1 Å². The minimum atomic E-state index is 0.0306. The smallest absolute Gasteiger partial charge is 0.0837 e. The molecular formula is C16H22ClN3O. The molecule has 0 radical (unpaired) electrons. The monoisotopic (exact) mass is 307 g/mol. The predicted molar refractivity (Wildman–Crippen MR) is 85.8 cm³/mol. The van der Waals surface area contributed by atoms with E-state index in [-0.39, 0.29) is 6.04 Å². The Bertz CT molecular complexity index is 583. The second-order valence-electron chi connectivity index (χ2n) is 4.94. The summed E-state index contributed by atoms with van der Waals surface area (Å²) in [5, 5.41) is 8.57. The Labute approximate surface area is 131 Å². The number of hydrogen-bond acceptors (Lipinski definition) is 3. The highest BCUT2D eigenvalue weighted by Gasteiger charge is 2.22. The van der Waals surface area contributed by atoms with Crippen LogP contribution in [0.25, 0.3) is 0 Å². The molecule has 0 spiro atoms. The normalized spacial score (nSPS) is 12.6. The molecule has 0 saturated carbocycles. The van der Waals surface area contributed by atoms with E-state index in [9.17, 15) is 0 Å². The van der Waals surface area contributed by atoms with E-state index < -0.39 is 0 Å². The van der Waals surface area contributed by atoms with Gasteiger partial charge in [0.2, 0.25) is 0 Å². The van der Waals surface area contributed by atoms with Gasteiger partial charge in [0, 0.05) is 7.11 Å². The van der Waals surface area contributed by atoms with Gasteiger partial charge in [-0.2, -0.15) is 5.10 Å². The zero-order valence-corrected chi connectivity index (χ0v) is 13.5. The number of nitrogens with one attached hydrogen (secondary N) is 1. The van der Waals surface area contributed by atoms with Crippen LogP contribution in [0.4, 0.5) is 0 Å². The molecule has 1 aromatic carbocycles. The van der Waals surface area contributed by atoms with Crippen molar-refractivity contribution >= 4 is 11.6 Å². The molecule has 0 aliphatic heterocycles. The number of methoxy groups -OCH3 is 1. The highest BCUT2D eigenvalue weighted by Crippen LogP contribution is 2.30. The van der Waals surface area contributed by atoms with Crippen LogP contribution < -0.4 is 5.32 Å². The molecule has 2 rings (SSSR count). The van der Waals surface area contributed by atoms with E-state index in [2.05, 4.69) is 42.5 Å². The van der Waals surface area contributed by atoms with Crippen molar-refractivity contribution in [2.45, 2.75) is 26.4 Å². The van der Waals surface area contributed by atoms with Crippen molar-refractivity contribution in [3.63, 3.8) is 0 Å². The van der Waals surface area contributed by atoms with Gasteiger partial charge in [-0.1, -0.05) is 42.8 Å². The SMILES string of the molecule is CCNC(c1ccccc1C)c1c(Cl)cnn1CCOC. The summed E-state index contributed by atoms with van der Waals surface area (Å²) in [5.74, 6) is 0. The molecule has 1 aromatic heterocycles. The largest absolute Gasteiger partial charge is 0.383 e. The second kappa shape index (κ2) is 7.59. The molecule has 1 atom stereocenters. The van der Waals surface area contributed by atoms with Crippen LogP contribution in [-0.2, 0) is 11.3 Å². The lowest BCUT2D eigenvalue weighted by molar-refractivity contribution is 0.182. The number of nitrogens with zero attached hydrogens (tertiary/aromatic N) is 2. The number of aromatic nitrogens is 2. The minimum Gasteiger partial charge on any atom is -0.383 e. The summed E-state index contributed by atoms with van der Waals surface area (Å²) in [6.07, 6.45) is 1.70. The summed E-state index contributed by atoms with van der Waals surface area (Å²) in [6, 6.07) is 8.38. The van der Waals surface area contributed by atoms with Crippen LogP contribution in [0.2, 0.25) is 5.02 Å². The van der Waals surface area contributed by atoms with Gasteiger partial charge in [-0.15, -0.1) is 0 Å². The van der Waals surface area contributed by atoms with Crippen LogP contribution in [0.15, 0.2) is 30.5 Å². The first-order valence-corrected chi connectivity index (χ1v) is 7.55. The Balaban J connectivity index is 2.43. The zero-order valence-electron chi connectivity index (χ0n) is 12.8. The van der Waals surface area contributed by atoms with Crippen molar-refractivity contribution in [1.29, 1.82) is 0 Å². The van der Waals surface area contributed by atoms with Crippen molar-refractivity contribution in [2.24, 2.45) is 0 Å². The number of hydrogen-bond donors (Lipinski definition) is 1. The summed E-state index contributed by atoms with van der Waals surface area (Å²) >= 11 is 6.39. The Kier molecular flexibility index (Phi) is 5.79. The lowest BCUT2D eigenvalue weighted by Crippen LogP contribution is -2.26. The fraction of sp³-hybridized carbons (Fsp3) is 0.438. The molecule has 5 heteroatoms. The lowest BCUT2D eigenvalue weighted by atomic mass is 9.98. The van der Waals surface area contributed by atoms with Gasteiger partial charge in [0.15, 0.2) is 0 Å². The highest BCUT2D eigenvalue weighted by atomic mass is 35.5. The van der Waals surface area contributed by atoms with Crippen molar-refractivity contribution in [2.75, 3.05) is 20.3 Å². The molecule has 0 saturated heterocycles. The number of ether oxygens (including phenoxy) is 1. The maximum absolute atomic E-state index is 6.39. The lowest BCUT2D eigenvalue weighted by Gasteiger charge is -2.22. The molecular weight excluding hydrogens is 286 g/mol. The minimum absolute atomic E-state index is 0.0306. The fourth-order valence-corrected chi connectivity index (χ4v) is 2.73. The van der Waals surface area contributed by atoms with Crippen molar-refractivity contribution in [3.8, 4) is 0 Å². The van der Waals surface area contributed by atoms with Crippen molar-refractivity contribution in [1.82, 2.24) is 15.1 Å². The third kappa shape index (κ3) is 3.64. The van der Waals surface area contributed by atoms with E-state index in [1.54, 1.807) is 13.3 Å². The van der Waals surface area contributed by atoms with Gasteiger partial charge >= 0.3 is 0 Å². The van der Waals surface area contributed by atoms with Crippen LogP contribution >= 0.6 is 11.6 Å². The van der Waals surface area contributed by atoms with Crippen molar-refractivity contribution < 1.29 is 4.74 Å². The standard InChI is InChI=1S/C16H22ClN3O/c1-4-18-15(13-8-6-5-7-12(13)2)16-14(17)11-19-20(16)9-10-21-3/h5-8,11,15,18H,4,9-10H2,1-3H3. The third-order valence-electron chi connectivity index (χ3n) is 3.52. The molecule has 0 aliphatic rings. The van der Waals surface area contributed by atoms with Crippen LogP contribution in [0, 0.1) is 6.92 Å². The average Bonchev–Trinajstić information content (AvgIpc) is 2.84. The van der Waals surface area contributed by atoms with Gasteiger partial charge in [0.25, 0.3) is 0 Å². The summed E-state index contributed by atoms with van der Waals surface area (Å²) in [6.45, 7) is 6.35. The maximum Gasteiger partial charge on any atom is 0.0837 e. The van der Waals surface area contributed by atoms with Crippen LogP contribution in [0.1, 0.15) is 29.8 Å². The van der Waals surface area contributed by atoms with E-state index in [1.165, 1.54) is 11.1 Å². The number of aryl methyl sites for hydroxylation is 1. The first-order valence-electron chi connectivity index (χ1n) is 7.18. The number of benzene rings is 1. The summed E-state index contributed by atoms with van der Waals surface area (Å²) in [4.78, 5) is 0. The highest BCUT2D eigenvalue weighted by molar-refractivity contribution is 6.31. The summed E-state index contributed by atoms with van der Waals surface area (Å²) in [5.41, 5.74) is 3.45. The molecule has 21 heavy (non-hydrogen) atoms. The number of halogens is 1. The first kappa shape index (κ1) is 16.0. The molecule has 0 amide bonds. The average molecular weight is 308 g/mol. The van der Waals surface area contributed by atoms with Gasteiger partial charge in [-0.05, 0) is 24.6 Å². The molecule has 1 unspecified atom stereocenters. The quantitative estimate of drug-likeness (QED) is 0.854.